The molecule has 0 aliphatic rings. The molecule has 1 aromatic carbocycles. The van der Waals surface area contributed by atoms with E-state index in [1.54, 1.807) is 24.3 Å². The van der Waals surface area contributed by atoms with Gasteiger partial charge < -0.3 is 16.2 Å². The van der Waals surface area contributed by atoms with Crippen molar-refractivity contribution in [1.29, 1.82) is 0 Å². The van der Waals surface area contributed by atoms with Gasteiger partial charge in [0.2, 0.25) is 0 Å². The van der Waals surface area contributed by atoms with Crippen LogP contribution in [0.1, 0.15) is 17.3 Å². The van der Waals surface area contributed by atoms with Crippen LogP contribution in [0.3, 0.4) is 0 Å². The molecule has 1 amide bonds. The zero-order valence-electron chi connectivity index (χ0n) is 8.73. The number of nitrogen functional groups attached to an aromatic ring is 1. The Balaban J connectivity index is 2.54. The molecule has 0 fully saturated rings. The molecule has 1 unspecified atom stereocenters. The SMILES string of the molecule is CC(CO)CNC(=O)c1cccc(N)c1. The maximum Gasteiger partial charge on any atom is 0.251 e. The standard InChI is InChI=1S/C11H16N2O2/c1-8(7-14)6-13-11(15)9-3-2-4-10(12)5-9/h2-5,8,14H,6-7,12H2,1H3,(H,13,15). The molecule has 0 heterocycles. The summed E-state index contributed by atoms with van der Waals surface area (Å²) in [6, 6.07) is 6.79. The molecule has 1 atom stereocenters. The van der Waals surface area contributed by atoms with Crippen LogP contribution in [0.25, 0.3) is 0 Å². The van der Waals surface area contributed by atoms with Gasteiger partial charge in [0, 0.05) is 24.4 Å². The van der Waals surface area contributed by atoms with E-state index in [0.29, 0.717) is 17.8 Å². The van der Waals surface area contributed by atoms with Gasteiger partial charge in [0.15, 0.2) is 0 Å². The van der Waals surface area contributed by atoms with Gasteiger partial charge in [-0.2, -0.15) is 0 Å². The number of carbonyl (C=O) groups is 1. The number of hydrogen-bond acceptors (Lipinski definition) is 3. The van der Waals surface area contributed by atoms with Crippen molar-refractivity contribution >= 4 is 11.6 Å². The minimum Gasteiger partial charge on any atom is -0.399 e. The summed E-state index contributed by atoms with van der Waals surface area (Å²) in [5, 5.41) is 11.5. The number of anilines is 1. The van der Waals surface area contributed by atoms with E-state index < -0.39 is 0 Å². The lowest BCUT2D eigenvalue weighted by atomic mass is 10.1. The molecule has 4 nitrogen and oxygen atoms in total. The highest BCUT2D eigenvalue weighted by molar-refractivity contribution is 5.94. The Morgan fingerprint density at radius 1 is 1.60 bits per heavy atom. The molecule has 0 saturated heterocycles. The Bertz CT molecular complexity index is 339. The largest absolute Gasteiger partial charge is 0.399 e. The highest BCUT2D eigenvalue weighted by Gasteiger charge is 2.06. The molecule has 0 aliphatic carbocycles. The van der Waals surface area contributed by atoms with Crippen LogP contribution < -0.4 is 11.1 Å². The van der Waals surface area contributed by atoms with E-state index >= 15 is 0 Å². The second-order valence-electron chi connectivity index (χ2n) is 3.62. The summed E-state index contributed by atoms with van der Waals surface area (Å²) < 4.78 is 0. The molecule has 4 heteroatoms. The van der Waals surface area contributed by atoms with Crippen LogP contribution in [0.4, 0.5) is 5.69 Å². The van der Waals surface area contributed by atoms with Gasteiger partial charge >= 0.3 is 0 Å². The highest BCUT2D eigenvalue weighted by atomic mass is 16.3. The summed E-state index contributed by atoms with van der Waals surface area (Å²) >= 11 is 0. The van der Waals surface area contributed by atoms with Crippen molar-refractivity contribution in [3.8, 4) is 0 Å². The molecule has 15 heavy (non-hydrogen) atoms. The van der Waals surface area contributed by atoms with Crippen LogP contribution >= 0.6 is 0 Å². The predicted molar refractivity (Wildman–Crippen MR) is 59.4 cm³/mol. The van der Waals surface area contributed by atoms with Crippen molar-refractivity contribution < 1.29 is 9.90 Å². The normalized spacial score (nSPS) is 12.1. The molecule has 0 radical (unpaired) electrons. The Morgan fingerprint density at radius 2 is 2.33 bits per heavy atom. The van der Waals surface area contributed by atoms with E-state index in [4.69, 9.17) is 10.8 Å². The van der Waals surface area contributed by atoms with Crippen LogP contribution in [0.2, 0.25) is 0 Å². The van der Waals surface area contributed by atoms with E-state index in [1.807, 2.05) is 6.92 Å². The molecule has 1 aromatic rings. The molecule has 0 spiro atoms. The smallest absolute Gasteiger partial charge is 0.251 e. The lowest BCUT2D eigenvalue weighted by molar-refractivity contribution is 0.0942. The lowest BCUT2D eigenvalue weighted by Gasteiger charge is -2.09. The number of hydrogen-bond donors (Lipinski definition) is 3. The fourth-order valence-corrected chi connectivity index (χ4v) is 1.11. The third-order valence-electron chi connectivity index (χ3n) is 2.07. The van der Waals surface area contributed by atoms with Gasteiger partial charge in [0.05, 0.1) is 0 Å². The average molecular weight is 208 g/mol. The predicted octanol–water partition coefficient (Wildman–Crippen LogP) is 0.627. The number of aliphatic hydroxyl groups is 1. The fourth-order valence-electron chi connectivity index (χ4n) is 1.11. The zero-order valence-corrected chi connectivity index (χ0v) is 8.73. The monoisotopic (exact) mass is 208 g/mol. The first kappa shape index (κ1) is 11.5. The van der Waals surface area contributed by atoms with Crippen molar-refractivity contribution in [2.24, 2.45) is 5.92 Å². The summed E-state index contributed by atoms with van der Waals surface area (Å²) in [7, 11) is 0. The van der Waals surface area contributed by atoms with Crippen molar-refractivity contribution in [2.45, 2.75) is 6.92 Å². The zero-order chi connectivity index (χ0) is 11.3. The Hall–Kier alpha value is -1.55. The van der Waals surface area contributed by atoms with Gasteiger partial charge in [-0.1, -0.05) is 13.0 Å². The van der Waals surface area contributed by atoms with Gasteiger partial charge in [0.25, 0.3) is 5.91 Å². The maximum atomic E-state index is 11.6. The van der Waals surface area contributed by atoms with Gasteiger partial charge in [-0.3, -0.25) is 4.79 Å². The molecule has 1 rings (SSSR count). The Morgan fingerprint density at radius 3 is 2.93 bits per heavy atom. The molecule has 0 bridgehead atoms. The Kier molecular flexibility index (Phi) is 4.12. The van der Waals surface area contributed by atoms with E-state index in [-0.39, 0.29) is 18.4 Å². The summed E-state index contributed by atoms with van der Waals surface area (Å²) in [6.07, 6.45) is 0. The maximum absolute atomic E-state index is 11.6. The number of amides is 1. The minimum atomic E-state index is -0.164. The van der Waals surface area contributed by atoms with Crippen LogP contribution in [0.5, 0.6) is 0 Å². The van der Waals surface area contributed by atoms with Gasteiger partial charge in [-0.15, -0.1) is 0 Å². The van der Waals surface area contributed by atoms with Crippen molar-refractivity contribution in [3.05, 3.63) is 29.8 Å². The second kappa shape index (κ2) is 5.36. The number of carbonyl (C=O) groups excluding carboxylic acids is 1. The average Bonchev–Trinajstić information content (AvgIpc) is 2.25. The second-order valence-corrected chi connectivity index (χ2v) is 3.62. The quantitative estimate of drug-likeness (QED) is 0.635. The summed E-state index contributed by atoms with van der Waals surface area (Å²) in [5.41, 5.74) is 6.67. The summed E-state index contributed by atoms with van der Waals surface area (Å²) in [4.78, 5) is 11.6. The highest BCUT2D eigenvalue weighted by Crippen LogP contribution is 2.06. The first-order valence-electron chi connectivity index (χ1n) is 4.88. The molecule has 82 valence electrons. The molecular formula is C11H16N2O2. The van der Waals surface area contributed by atoms with Crippen LogP contribution in [-0.2, 0) is 0 Å². The van der Waals surface area contributed by atoms with E-state index in [0.717, 1.165) is 0 Å². The van der Waals surface area contributed by atoms with Crippen LogP contribution in [0, 0.1) is 5.92 Å². The molecular weight excluding hydrogens is 192 g/mol. The number of nitrogens with one attached hydrogen (secondary N) is 1. The van der Waals surface area contributed by atoms with Crippen LogP contribution in [0.15, 0.2) is 24.3 Å². The van der Waals surface area contributed by atoms with Gasteiger partial charge in [-0.25, -0.2) is 0 Å². The van der Waals surface area contributed by atoms with Crippen molar-refractivity contribution in [1.82, 2.24) is 5.32 Å². The van der Waals surface area contributed by atoms with Gasteiger partial charge in [-0.05, 0) is 24.1 Å². The van der Waals surface area contributed by atoms with Crippen molar-refractivity contribution in [2.75, 3.05) is 18.9 Å². The van der Waals surface area contributed by atoms with Crippen molar-refractivity contribution in [3.63, 3.8) is 0 Å². The summed E-state index contributed by atoms with van der Waals surface area (Å²) in [6.45, 7) is 2.39. The van der Waals surface area contributed by atoms with E-state index in [1.165, 1.54) is 0 Å². The number of benzene rings is 1. The molecule has 0 aromatic heterocycles. The fraction of sp³-hybridized carbons (Fsp3) is 0.364. The molecule has 0 aliphatic heterocycles. The third-order valence-corrected chi connectivity index (χ3v) is 2.07. The molecule has 4 N–H and O–H groups in total. The number of nitrogens with two attached hydrogens (primary N) is 1. The first-order valence-corrected chi connectivity index (χ1v) is 4.88. The third kappa shape index (κ3) is 3.59. The van der Waals surface area contributed by atoms with Crippen LogP contribution in [-0.4, -0.2) is 24.2 Å². The molecule has 0 saturated carbocycles. The topological polar surface area (TPSA) is 75.3 Å². The minimum absolute atomic E-state index is 0.0648. The van der Waals surface area contributed by atoms with E-state index in [9.17, 15) is 4.79 Å². The van der Waals surface area contributed by atoms with Gasteiger partial charge in [0.1, 0.15) is 0 Å². The summed E-state index contributed by atoms with van der Waals surface area (Å²) in [5.74, 6) is -0.0994. The number of aliphatic hydroxyl groups excluding tert-OH is 1. The first-order chi connectivity index (χ1) is 7.13. The lowest BCUT2D eigenvalue weighted by Crippen LogP contribution is -2.29. The Labute approximate surface area is 89.1 Å². The van der Waals surface area contributed by atoms with E-state index in [2.05, 4.69) is 5.32 Å². The number of rotatable bonds is 4.